The molecule has 3 aromatic rings. The van der Waals surface area contributed by atoms with Gasteiger partial charge in [0, 0.05) is 30.4 Å². The van der Waals surface area contributed by atoms with Crippen molar-refractivity contribution in [2.24, 2.45) is 5.14 Å². The zero-order chi connectivity index (χ0) is 21.8. The molecule has 0 aliphatic carbocycles. The Morgan fingerprint density at radius 2 is 1.84 bits per heavy atom. The highest BCUT2D eigenvalue weighted by molar-refractivity contribution is 7.89. The topological polar surface area (TPSA) is 130 Å². The number of hydrogen-bond acceptors (Lipinski definition) is 7. The second kappa shape index (κ2) is 8.96. The minimum atomic E-state index is -3.76. The Balaban J connectivity index is 1.50. The fourth-order valence-corrected chi connectivity index (χ4v) is 4.10. The van der Waals surface area contributed by atoms with Crippen LogP contribution in [0.5, 0.6) is 0 Å². The van der Waals surface area contributed by atoms with Gasteiger partial charge in [-0.2, -0.15) is 0 Å². The number of benzene rings is 2. The molecule has 9 nitrogen and oxygen atoms in total. The summed E-state index contributed by atoms with van der Waals surface area (Å²) in [4.78, 5) is 23.9. The second-order valence-electron chi connectivity index (χ2n) is 7.44. The number of para-hydroxylation sites is 1. The Morgan fingerprint density at radius 1 is 1.10 bits per heavy atom. The molecule has 0 radical (unpaired) electrons. The van der Waals surface area contributed by atoms with Gasteiger partial charge in [-0.1, -0.05) is 12.1 Å². The summed E-state index contributed by atoms with van der Waals surface area (Å²) in [5, 5.41) is 11.9. The molecule has 1 aromatic heterocycles. The molecule has 1 aliphatic heterocycles. The van der Waals surface area contributed by atoms with Crippen LogP contribution in [-0.4, -0.2) is 55.4 Å². The summed E-state index contributed by atoms with van der Waals surface area (Å²) < 4.78 is 22.8. The minimum Gasteiger partial charge on any atom is -0.351 e. The van der Waals surface area contributed by atoms with Crippen LogP contribution in [0.25, 0.3) is 10.9 Å². The summed E-state index contributed by atoms with van der Waals surface area (Å²) in [5.74, 6) is 0.125. The van der Waals surface area contributed by atoms with Gasteiger partial charge in [0.15, 0.2) is 0 Å². The number of likely N-dealkylation sites (tertiary alicyclic amines) is 1. The Bertz CT molecular complexity index is 1190. The van der Waals surface area contributed by atoms with E-state index in [1.165, 1.54) is 25.0 Å². The number of carbonyl (C=O) groups is 1. The highest BCUT2D eigenvalue weighted by atomic mass is 32.2. The van der Waals surface area contributed by atoms with E-state index in [0.29, 0.717) is 29.3 Å². The molecule has 4 rings (SSSR count). The monoisotopic (exact) mass is 440 g/mol. The van der Waals surface area contributed by atoms with Gasteiger partial charge in [0.2, 0.25) is 16.0 Å². The molecule has 1 aliphatic rings. The first kappa shape index (κ1) is 21.2. The molecule has 2 aromatic carbocycles. The van der Waals surface area contributed by atoms with Crippen LogP contribution in [0.4, 0.5) is 11.6 Å². The largest absolute Gasteiger partial charge is 0.351 e. The van der Waals surface area contributed by atoms with Gasteiger partial charge in [0.25, 0.3) is 5.91 Å². The lowest BCUT2D eigenvalue weighted by atomic mass is 10.1. The van der Waals surface area contributed by atoms with Crippen molar-refractivity contribution in [1.82, 2.24) is 20.2 Å². The normalized spacial score (nSPS) is 14.6. The molecular weight excluding hydrogens is 416 g/mol. The molecule has 1 saturated heterocycles. The summed E-state index contributed by atoms with van der Waals surface area (Å²) in [6, 6.07) is 11.3. The van der Waals surface area contributed by atoms with Crippen molar-refractivity contribution in [2.45, 2.75) is 17.7 Å². The molecular formula is C21H24N6O3S. The lowest BCUT2D eigenvalue weighted by molar-refractivity contribution is 0.0951. The molecule has 0 saturated carbocycles. The van der Waals surface area contributed by atoms with Crippen molar-refractivity contribution < 1.29 is 13.2 Å². The molecule has 0 bridgehead atoms. The Morgan fingerprint density at radius 3 is 2.55 bits per heavy atom. The van der Waals surface area contributed by atoms with Crippen molar-refractivity contribution in [3.8, 4) is 0 Å². The molecule has 31 heavy (non-hydrogen) atoms. The molecule has 0 atom stereocenters. The van der Waals surface area contributed by atoms with Crippen LogP contribution in [0.3, 0.4) is 0 Å². The van der Waals surface area contributed by atoms with Gasteiger partial charge in [0.05, 0.1) is 16.0 Å². The third-order valence-corrected chi connectivity index (χ3v) is 6.14. The van der Waals surface area contributed by atoms with Crippen LogP contribution in [0.1, 0.15) is 23.2 Å². The van der Waals surface area contributed by atoms with Crippen molar-refractivity contribution >= 4 is 38.5 Å². The predicted octanol–water partition coefficient (Wildman–Crippen LogP) is 1.85. The van der Waals surface area contributed by atoms with E-state index in [4.69, 9.17) is 5.14 Å². The number of anilines is 2. The van der Waals surface area contributed by atoms with Crippen LogP contribution in [0.2, 0.25) is 0 Å². The smallest absolute Gasteiger partial charge is 0.253 e. The zero-order valence-electron chi connectivity index (χ0n) is 16.9. The fourth-order valence-electron chi connectivity index (χ4n) is 3.59. The second-order valence-corrected chi connectivity index (χ2v) is 9.00. The number of sulfonamides is 1. The number of nitrogens with two attached hydrogens (primary N) is 1. The number of aromatic nitrogens is 2. The van der Waals surface area contributed by atoms with E-state index < -0.39 is 10.0 Å². The van der Waals surface area contributed by atoms with Crippen LogP contribution in [-0.2, 0) is 10.0 Å². The average Bonchev–Trinajstić information content (AvgIpc) is 3.26. The molecule has 2 heterocycles. The SMILES string of the molecule is NS(=O)(=O)c1ccc(Nc2ncc3cccc(C(=O)NCCN4CCCC4)c3n2)cc1. The highest BCUT2D eigenvalue weighted by Crippen LogP contribution is 2.20. The zero-order valence-corrected chi connectivity index (χ0v) is 17.7. The number of nitrogens with zero attached hydrogens (tertiary/aromatic N) is 3. The first-order chi connectivity index (χ1) is 14.9. The van der Waals surface area contributed by atoms with Gasteiger partial charge < -0.3 is 15.5 Å². The highest BCUT2D eigenvalue weighted by Gasteiger charge is 2.15. The number of carbonyl (C=O) groups excluding carboxylic acids is 1. The molecule has 4 N–H and O–H groups in total. The summed E-state index contributed by atoms with van der Waals surface area (Å²) in [6.07, 6.45) is 4.08. The maximum Gasteiger partial charge on any atom is 0.253 e. The Labute approximate surface area is 180 Å². The number of rotatable bonds is 7. The standard InChI is InChI=1S/C21H24N6O3S/c22-31(29,30)17-8-6-16(7-9-17)25-21-24-14-15-4-3-5-18(19(15)26-21)20(28)23-10-13-27-11-1-2-12-27/h3-9,14H,1-2,10-13H2,(H,23,28)(H2,22,29,30)(H,24,25,26). The van der Waals surface area contributed by atoms with Crippen LogP contribution in [0.15, 0.2) is 53.6 Å². The summed E-state index contributed by atoms with van der Waals surface area (Å²) in [7, 11) is -3.76. The van der Waals surface area contributed by atoms with E-state index in [1.54, 1.807) is 30.5 Å². The van der Waals surface area contributed by atoms with E-state index in [-0.39, 0.29) is 10.8 Å². The van der Waals surface area contributed by atoms with Crippen LogP contribution >= 0.6 is 0 Å². The molecule has 162 valence electrons. The summed E-state index contributed by atoms with van der Waals surface area (Å²) in [5.41, 5.74) is 1.62. The van der Waals surface area contributed by atoms with E-state index in [2.05, 4.69) is 25.5 Å². The van der Waals surface area contributed by atoms with E-state index in [9.17, 15) is 13.2 Å². The van der Waals surface area contributed by atoms with Gasteiger partial charge >= 0.3 is 0 Å². The lowest BCUT2D eigenvalue weighted by Crippen LogP contribution is -2.33. The van der Waals surface area contributed by atoms with Gasteiger partial charge in [0.1, 0.15) is 0 Å². The lowest BCUT2D eigenvalue weighted by Gasteiger charge is -2.15. The maximum atomic E-state index is 12.8. The molecule has 10 heteroatoms. The summed E-state index contributed by atoms with van der Waals surface area (Å²) in [6.45, 7) is 3.60. The van der Waals surface area contributed by atoms with E-state index >= 15 is 0 Å². The van der Waals surface area contributed by atoms with E-state index in [1.807, 2.05) is 6.07 Å². The quantitative estimate of drug-likeness (QED) is 0.511. The number of nitrogens with one attached hydrogen (secondary N) is 2. The van der Waals surface area contributed by atoms with Gasteiger partial charge in [-0.05, 0) is 56.3 Å². The van der Waals surface area contributed by atoms with Gasteiger partial charge in [-0.3, -0.25) is 4.79 Å². The molecule has 1 amide bonds. The van der Waals surface area contributed by atoms with Gasteiger partial charge in [-0.15, -0.1) is 0 Å². The third-order valence-electron chi connectivity index (χ3n) is 5.21. The number of hydrogen-bond donors (Lipinski definition) is 3. The van der Waals surface area contributed by atoms with Gasteiger partial charge in [-0.25, -0.2) is 23.5 Å². The number of fused-ring (bicyclic) bond motifs is 1. The predicted molar refractivity (Wildman–Crippen MR) is 119 cm³/mol. The van der Waals surface area contributed by atoms with Crippen LogP contribution in [0, 0.1) is 0 Å². The molecule has 0 spiro atoms. The number of primary sulfonamides is 1. The van der Waals surface area contributed by atoms with Crippen molar-refractivity contribution in [1.29, 1.82) is 0 Å². The third kappa shape index (κ3) is 5.16. The minimum absolute atomic E-state index is 0.0189. The summed E-state index contributed by atoms with van der Waals surface area (Å²) >= 11 is 0. The van der Waals surface area contributed by atoms with E-state index in [0.717, 1.165) is 25.0 Å². The average molecular weight is 441 g/mol. The molecule has 0 unspecified atom stereocenters. The fraction of sp³-hybridized carbons (Fsp3) is 0.286. The Kier molecular flexibility index (Phi) is 6.12. The maximum absolute atomic E-state index is 12.8. The van der Waals surface area contributed by atoms with Crippen molar-refractivity contribution in [2.75, 3.05) is 31.5 Å². The van der Waals surface area contributed by atoms with Crippen LogP contribution < -0.4 is 15.8 Å². The Hall–Kier alpha value is -3.08. The van der Waals surface area contributed by atoms with Crippen molar-refractivity contribution in [3.63, 3.8) is 0 Å². The first-order valence-corrected chi connectivity index (χ1v) is 11.6. The molecule has 1 fully saturated rings. The first-order valence-electron chi connectivity index (χ1n) is 10.1. The van der Waals surface area contributed by atoms with Crippen molar-refractivity contribution in [3.05, 3.63) is 54.2 Å². The number of amides is 1.